The van der Waals surface area contributed by atoms with Crippen LogP contribution in [0.25, 0.3) is 0 Å². The molecule has 0 fully saturated rings. The highest BCUT2D eigenvalue weighted by Crippen LogP contribution is 2.25. The van der Waals surface area contributed by atoms with Gasteiger partial charge in [0.15, 0.2) is 0 Å². The Morgan fingerprint density at radius 2 is 1.75 bits per heavy atom. The molecule has 130 valence electrons. The van der Waals surface area contributed by atoms with Gasteiger partial charge in [0.25, 0.3) is 0 Å². The van der Waals surface area contributed by atoms with E-state index in [1.165, 1.54) is 11.1 Å². The zero-order chi connectivity index (χ0) is 17.4. The summed E-state index contributed by atoms with van der Waals surface area (Å²) >= 11 is 0. The van der Waals surface area contributed by atoms with Crippen LogP contribution in [0, 0.1) is 0 Å². The summed E-state index contributed by atoms with van der Waals surface area (Å²) < 4.78 is 0. The maximum absolute atomic E-state index is 4.59. The van der Waals surface area contributed by atoms with Crippen molar-refractivity contribution >= 4 is 17.5 Å². The van der Waals surface area contributed by atoms with E-state index in [-0.39, 0.29) is 0 Å². The minimum Gasteiger partial charge on any atom is -0.370 e. The summed E-state index contributed by atoms with van der Waals surface area (Å²) in [6, 6.07) is 8.34. The number of nitrogens with one attached hydrogen (secondary N) is 2. The molecule has 2 rings (SSSR count). The molecule has 2 N–H and O–H groups in total. The molecule has 5 heteroatoms. The summed E-state index contributed by atoms with van der Waals surface area (Å²) in [5.41, 5.74) is 3.73. The molecule has 0 saturated heterocycles. The summed E-state index contributed by atoms with van der Waals surface area (Å²) in [4.78, 5) is 11.1. The lowest BCUT2D eigenvalue weighted by Gasteiger charge is -2.15. The number of anilines is 3. The molecule has 5 nitrogen and oxygen atoms in total. The first-order valence-corrected chi connectivity index (χ1v) is 8.73. The van der Waals surface area contributed by atoms with Crippen molar-refractivity contribution in [3.63, 3.8) is 0 Å². The molecule has 2 aromatic rings. The minimum atomic E-state index is 0.642. The lowest BCUT2D eigenvalue weighted by molar-refractivity contribution is 0.405. The standard InChI is InChI=1S/C19H29N5/c1-5-15-9-7-10-16(6-2)18(15)23-19-21-13-11-17(22-19)20-12-8-14-24(3)4/h7,9-11,13H,5-6,8,12,14H2,1-4H3,(H2,20,21,22,23). The second kappa shape index (κ2) is 9.23. The van der Waals surface area contributed by atoms with E-state index < -0.39 is 0 Å². The maximum atomic E-state index is 4.59. The first kappa shape index (κ1) is 18.2. The number of hydrogen-bond acceptors (Lipinski definition) is 5. The smallest absolute Gasteiger partial charge is 0.229 e. The second-order valence-corrected chi connectivity index (χ2v) is 6.13. The first-order valence-electron chi connectivity index (χ1n) is 8.73. The van der Waals surface area contributed by atoms with Gasteiger partial charge in [0, 0.05) is 18.4 Å². The van der Waals surface area contributed by atoms with Gasteiger partial charge in [-0.1, -0.05) is 32.0 Å². The molecule has 0 bridgehead atoms. The molecule has 0 atom stereocenters. The van der Waals surface area contributed by atoms with Crippen molar-refractivity contribution in [1.82, 2.24) is 14.9 Å². The molecule has 24 heavy (non-hydrogen) atoms. The molecular weight excluding hydrogens is 298 g/mol. The Bertz CT molecular complexity index is 617. The Morgan fingerprint density at radius 3 is 2.38 bits per heavy atom. The molecule has 1 heterocycles. The number of aromatic nitrogens is 2. The van der Waals surface area contributed by atoms with Crippen molar-refractivity contribution in [2.75, 3.05) is 37.8 Å². The highest BCUT2D eigenvalue weighted by atomic mass is 15.1. The number of hydrogen-bond donors (Lipinski definition) is 2. The summed E-state index contributed by atoms with van der Waals surface area (Å²) in [7, 11) is 4.17. The van der Waals surface area contributed by atoms with Crippen LogP contribution in [0.3, 0.4) is 0 Å². The Morgan fingerprint density at radius 1 is 1.04 bits per heavy atom. The molecule has 0 unspecified atom stereocenters. The largest absolute Gasteiger partial charge is 0.370 e. The molecule has 1 aromatic heterocycles. The molecule has 0 aliphatic carbocycles. The SMILES string of the molecule is CCc1cccc(CC)c1Nc1nccc(NCCCN(C)C)n1. The van der Waals surface area contributed by atoms with Crippen LogP contribution >= 0.6 is 0 Å². The summed E-state index contributed by atoms with van der Waals surface area (Å²) in [6.45, 7) is 6.31. The number of para-hydroxylation sites is 1. The van der Waals surface area contributed by atoms with E-state index in [0.29, 0.717) is 5.95 Å². The number of aryl methyl sites for hydroxylation is 2. The maximum Gasteiger partial charge on any atom is 0.229 e. The van der Waals surface area contributed by atoms with Crippen LogP contribution in [0.15, 0.2) is 30.5 Å². The summed E-state index contributed by atoms with van der Waals surface area (Å²) in [5, 5.41) is 6.79. The van der Waals surface area contributed by atoms with Crippen molar-refractivity contribution in [1.29, 1.82) is 0 Å². The Hall–Kier alpha value is -2.14. The fourth-order valence-electron chi connectivity index (χ4n) is 2.64. The van der Waals surface area contributed by atoms with Crippen molar-refractivity contribution in [2.24, 2.45) is 0 Å². The number of benzene rings is 1. The molecule has 0 radical (unpaired) electrons. The first-order chi connectivity index (χ1) is 11.6. The highest BCUT2D eigenvalue weighted by molar-refractivity contribution is 5.64. The van der Waals surface area contributed by atoms with Gasteiger partial charge in [-0.2, -0.15) is 4.98 Å². The van der Waals surface area contributed by atoms with E-state index in [9.17, 15) is 0 Å². The normalized spacial score (nSPS) is 10.9. The van der Waals surface area contributed by atoms with Gasteiger partial charge in [-0.15, -0.1) is 0 Å². The monoisotopic (exact) mass is 327 g/mol. The van der Waals surface area contributed by atoms with Crippen LogP contribution in [-0.4, -0.2) is 42.1 Å². The predicted octanol–water partition coefficient (Wildman–Crippen LogP) is 3.71. The average Bonchev–Trinajstić information content (AvgIpc) is 2.59. The highest BCUT2D eigenvalue weighted by Gasteiger charge is 2.08. The summed E-state index contributed by atoms with van der Waals surface area (Å²) in [6.07, 6.45) is 4.85. The molecular formula is C19H29N5. The van der Waals surface area contributed by atoms with Crippen molar-refractivity contribution in [2.45, 2.75) is 33.1 Å². The van der Waals surface area contributed by atoms with Crippen molar-refractivity contribution < 1.29 is 0 Å². The second-order valence-electron chi connectivity index (χ2n) is 6.13. The fraction of sp³-hybridized carbons (Fsp3) is 0.474. The molecule has 0 saturated carbocycles. The molecule has 0 aliphatic heterocycles. The Labute approximate surface area is 145 Å². The zero-order valence-corrected chi connectivity index (χ0v) is 15.3. The third kappa shape index (κ3) is 5.20. The average molecular weight is 327 g/mol. The van der Waals surface area contributed by atoms with Crippen LogP contribution < -0.4 is 10.6 Å². The van der Waals surface area contributed by atoms with Crippen LogP contribution in [-0.2, 0) is 12.8 Å². The van der Waals surface area contributed by atoms with E-state index in [1.807, 2.05) is 6.07 Å². The third-order valence-electron chi connectivity index (χ3n) is 3.98. The van der Waals surface area contributed by atoms with Gasteiger partial charge in [-0.3, -0.25) is 0 Å². The Balaban J connectivity index is 2.07. The topological polar surface area (TPSA) is 53.1 Å². The lowest BCUT2D eigenvalue weighted by atomic mass is 10.0. The van der Waals surface area contributed by atoms with Gasteiger partial charge in [0.1, 0.15) is 5.82 Å². The van der Waals surface area contributed by atoms with Gasteiger partial charge >= 0.3 is 0 Å². The molecule has 1 aromatic carbocycles. The van der Waals surface area contributed by atoms with Gasteiger partial charge in [0.2, 0.25) is 5.95 Å². The van der Waals surface area contributed by atoms with Crippen molar-refractivity contribution in [3.8, 4) is 0 Å². The Kier molecular flexibility index (Phi) is 7.00. The van der Waals surface area contributed by atoms with E-state index in [0.717, 1.165) is 43.9 Å². The number of rotatable bonds is 9. The van der Waals surface area contributed by atoms with E-state index in [4.69, 9.17) is 0 Å². The predicted molar refractivity (Wildman–Crippen MR) is 102 cm³/mol. The van der Waals surface area contributed by atoms with E-state index in [2.05, 4.69) is 71.6 Å². The molecule has 0 amide bonds. The van der Waals surface area contributed by atoms with Gasteiger partial charge in [-0.05, 0) is 57.1 Å². The van der Waals surface area contributed by atoms with Gasteiger partial charge in [-0.25, -0.2) is 4.98 Å². The van der Waals surface area contributed by atoms with Gasteiger partial charge in [0.05, 0.1) is 0 Å². The van der Waals surface area contributed by atoms with Crippen LogP contribution in [0.1, 0.15) is 31.4 Å². The number of nitrogens with zero attached hydrogens (tertiary/aromatic N) is 3. The lowest BCUT2D eigenvalue weighted by Crippen LogP contribution is -2.16. The van der Waals surface area contributed by atoms with Gasteiger partial charge < -0.3 is 15.5 Å². The van der Waals surface area contributed by atoms with Crippen LogP contribution in [0.4, 0.5) is 17.5 Å². The van der Waals surface area contributed by atoms with E-state index in [1.54, 1.807) is 6.20 Å². The third-order valence-corrected chi connectivity index (χ3v) is 3.98. The summed E-state index contributed by atoms with van der Waals surface area (Å²) in [5.74, 6) is 1.50. The quantitative estimate of drug-likeness (QED) is 0.688. The van der Waals surface area contributed by atoms with Crippen molar-refractivity contribution in [3.05, 3.63) is 41.6 Å². The fourth-order valence-corrected chi connectivity index (χ4v) is 2.64. The van der Waals surface area contributed by atoms with Crippen LogP contribution in [0.2, 0.25) is 0 Å². The minimum absolute atomic E-state index is 0.642. The molecule has 0 spiro atoms. The zero-order valence-electron chi connectivity index (χ0n) is 15.3. The molecule has 0 aliphatic rings. The van der Waals surface area contributed by atoms with Crippen LogP contribution in [0.5, 0.6) is 0 Å². The van der Waals surface area contributed by atoms with E-state index >= 15 is 0 Å².